The number of hydrogen-bond acceptors (Lipinski definition) is 2. The molecule has 1 aliphatic heterocycles. The van der Waals surface area contributed by atoms with Crippen molar-refractivity contribution in [1.82, 2.24) is 10.2 Å². The Balaban J connectivity index is 2.61. The quantitative estimate of drug-likeness (QED) is 0.755. The predicted molar refractivity (Wildman–Crippen MR) is 62.5 cm³/mol. The normalized spacial score (nSPS) is 23.9. The van der Waals surface area contributed by atoms with Gasteiger partial charge in [0.1, 0.15) is 0 Å². The number of nitrogens with one attached hydrogen (secondary N) is 1. The Kier molecular flexibility index (Phi) is 4.58. The summed E-state index contributed by atoms with van der Waals surface area (Å²) in [6.45, 7) is 9.39. The maximum atomic E-state index is 12.1. The van der Waals surface area contributed by atoms with Crippen LogP contribution in [0.1, 0.15) is 47.0 Å². The van der Waals surface area contributed by atoms with Crippen molar-refractivity contribution in [2.75, 3.05) is 6.67 Å². The lowest BCUT2D eigenvalue weighted by Gasteiger charge is -2.29. The number of carbonyl (C=O) groups excluding carboxylic acids is 1. The summed E-state index contributed by atoms with van der Waals surface area (Å²) >= 11 is 0. The van der Waals surface area contributed by atoms with Gasteiger partial charge in [-0.3, -0.25) is 10.1 Å². The first-order chi connectivity index (χ1) is 7.11. The van der Waals surface area contributed by atoms with Crippen molar-refractivity contribution in [3.63, 3.8) is 0 Å². The smallest absolute Gasteiger partial charge is 0.241 e. The average molecular weight is 212 g/mol. The Morgan fingerprint density at radius 3 is 2.60 bits per heavy atom. The highest BCUT2D eigenvalue weighted by Gasteiger charge is 2.34. The van der Waals surface area contributed by atoms with Gasteiger partial charge in [0.2, 0.25) is 5.91 Å². The predicted octanol–water partition coefficient (Wildman–Crippen LogP) is 1.98. The highest BCUT2D eigenvalue weighted by molar-refractivity contribution is 5.84. The lowest BCUT2D eigenvalue weighted by atomic mass is 10.00. The van der Waals surface area contributed by atoms with Crippen molar-refractivity contribution in [2.24, 2.45) is 5.92 Å². The molecule has 15 heavy (non-hydrogen) atoms. The Hall–Kier alpha value is -0.570. The standard InChI is InChI=1S/C12H24N2O/c1-5-7-10-12(15)14(8-13-10)11(6-2)9(3)4/h9-11,13H,5-8H2,1-4H3. The molecule has 1 N–H and O–H groups in total. The summed E-state index contributed by atoms with van der Waals surface area (Å²) in [4.78, 5) is 14.1. The summed E-state index contributed by atoms with van der Waals surface area (Å²) in [5.41, 5.74) is 0. The SMILES string of the molecule is CCCC1NCN(C(CC)C(C)C)C1=O. The lowest BCUT2D eigenvalue weighted by molar-refractivity contribution is -0.131. The van der Waals surface area contributed by atoms with Crippen molar-refractivity contribution in [1.29, 1.82) is 0 Å². The largest absolute Gasteiger partial charge is 0.325 e. The van der Waals surface area contributed by atoms with Crippen molar-refractivity contribution in [2.45, 2.75) is 59.0 Å². The number of carbonyl (C=O) groups is 1. The van der Waals surface area contributed by atoms with Crippen molar-refractivity contribution in [3.05, 3.63) is 0 Å². The molecule has 1 saturated heterocycles. The molecule has 1 aliphatic rings. The first-order valence-electron chi connectivity index (χ1n) is 6.15. The number of nitrogens with zero attached hydrogens (tertiary/aromatic N) is 1. The van der Waals surface area contributed by atoms with Gasteiger partial charge in [0.05, 0.1) is 12.7 Å². The summed E-state index contributed by atoms with van der Waals surface area (Å²) in [5.74, 6) is 0.846. The van der Waals surface area contributed by atoms with Gasteiger partial charge in [-0.25, -0.2) is 0 Å². The maximum absolute atomic E-state index is 12.1. The molecule has 0 spiro atoms. The first kappa shape index (κ1) is 12.5. The zero-order chi connectivity index (χ0) is 11.4. The van der Waals surface area contributed by atoms with Gasteiger partial charge < -0.3 is 4.90 Å². The van der Waals surface area contributed by atoms with Gasteiger partial charge in [0, 0.05) is 6.04 Å². The number of rotatable bonds is 5. The zero-order valence-electron chi connectivity index (χ0n) is 10.4. The van der Waals surface area contributed by atoms with Gasteiger partial charge in [-0.15, -0.1) is 0 Å². The van der Waals surface area contributed by atoms with Crippen molar-refractivity contribution >= 4 is 5.91 Å². The van der Waals surface area contributed by atoms with E-state index in [0.717, 1.165) is 25.9 Å². The Bertz CT molecular complexity index is 216. The van der Waals surface area contributed by atoms with Crippen LogP contribution in [-0.4, -0.2) is 29.6 Å². The lowest BCUT2D eigenvalue weighted by Crippen LogP contribution is -2.41. The molecule has 1 heterocycles. The van der Waals surface area contributed by atoms with E-state index in [0.29, 0.717) is 17.9 Å². The molecule has 0 aromatic heterocycles. The van der Waals surface area contributed by atoms with E-state index in [1.54, 1.807) is 0 Å². The summed E-state index contributed by atoms with van der Waals surface area (Å²) in [5, 5.41) is 3.30. The van der Waals surface area contributed by atoms with Gasteiger partial charge >= 0.3 is 0 Å². The second-order valence-electron chi connectivity index (χ2n) is 4.73. The van der Waals surface area contributed by atoms with Crippen LogP contribution in [0.2, 0.25) is 0 Å². The molecule has 2 atom stereocenters. The Morgan fingerprint density at radius 1 is 1.47 bits per heavy atom. The maximum Gasteiger partial charge on any atom is 0.241 e. The van der Waals surface area contributed by atoms with Gasteiger partial charge in [-0.1, -0.05) is 34.1 Å². The minimum absolute atomic E-state index is 0.0720. The summed E-state index contributed by atoms with van der Waals surface area (Å²) in [6, 6.07) is 0.467. The molecule has 1 rings (SSSR count). The molecule has 3 heteroatoms. The minimum Gasteiger partial charge on any atom is -0.325 e. The first-order valence-corrected chi connectivity index (χ1v) is 6.15. The van der Waals surface area contributed by atoms with Crippen LogP contribution in [0, 0.1) is 5.92 Å². The molecule has 0 aliphatic carbocycles. The average Bonchev–Trinajstić information content (AvgIpc) is 2.51. The minimum atomic E-state index is 0.0720. The van der Waals surface area contributed by atoms with Gasteiger partial charge in [0.25, 0.3) is 0 Å². The van der Waals surface area contributed by atoms with Crippen LogP contribution in [0.3, 0.4) is 0 Å². The molecule has 2 unspecified atom stereocenters. The summed E-state index contributed by atoms with van der Waals surface area (Å²) in [6.07, 6.45) is 3.07. The zero-order valence-corrected chi connectivity index (χ0v) is 10.4. The molecule has 1 amide bonds. The highest BCUT2D eigenvalue weighted by Crippen LogP contribution is 2.19. The van der Waals surface area contributed by atoms with Crippen LogP contribution in [0.15, 0.2) is 0 Å². The fourth-order valence-corrected chi connectivity index (χ4v) is 2.42. The molecule has 0 radical (unpaired) electrons. The Morgan fingerprint density at radius 2 is 2.13 bits per heavy atom. The molecule has 88 valence electrons. The van der Waals surface area contributed by atoms with E-state index in [-0.39, 0.29) is 6.04 Å². The molecular weight excluding hydrogens is 188 g/mol. The van der Waals surface area contributed by atoms with E-state index in [9.17, 15) is 4.79 Å². The van der Waals surface area contributed by atoms with Gasteiger partial charge in [-0.05, 0) is 18.8 Å². The molecule has 0 saturated carbocycles. The van der Waals surface area contributed by atoms with Crippen LogP contribution in [0.25, 0.3) is 0 Å². The third-order valence-corrected chi connectivity index (χ3v) is 3.25. The van der Waals surface area contributed by atoms with Crippen LogP contribution < -0.4 is 5.32 Å². The number of amides is 1. The monoisotopic (exact) mass is 212 g/mol. The second kappa shape index (κ2) is 5.50. The third-order valence-electron chi connectivity index (χ3n) is 3.25. The van der Waals surface area contributed by atoms with E-state index in [4.69, 9.17) is 0 Å². The summed E-state index contributed by atoms with van der Waals surface area (Å²) in [7, 11) is 0. The van der Waals surface area contributed by atoms with Crippen molar-refractivity contribution < 1.29 is 4.79 Å². The van der Waals surface area contributed by atoms with E-state index in [2.05, 4.69) is 33.0 Å². The van der Waals surface area contributed by atoms with E-state index in [1.807, 2.05) is 4.90 Å². The van der Waals surface area contributed by atoms with Crippen LogP contribution in [-0.2, 0) is 4.79 Å². The van der Waals surface area contributed by atoms with Crippen molar-refractivity contribution in [3.8, 4) is 0 Å². The fourth-order valence-electron chi connectivity index (χ4n) is 2.42. The molecular formula is C12H24N2O. The van der Waals surface area contributed by atoms with Crippen LogP contribution >= 0.6 is 0 Å². The molecule has 0 bridgehead atoms. The van der Waals surface area contributed by atoms with Gasteiger partial charge in [-0.2, -0.15) is 0 Å². The molecule has 1 fully saturated rings. The van der Waals surface area contributed by atoms with Crippen LogP contribution in [0.5, 0.6) is 0 Å². The van der Waals surface area contributed by atoms with E-state index in [1.165, 1.54) is 0 Å². The van der Waals surface area contributed by atoms with E-state index >= 15 is 0 Å². The molecule has 3 nitrogen and oxygen atoms in total. The molecule has 0 aromatic rings. The third kappa shape index (κ3) is 2.71. The van der Waals surface area contributed by atoms with E-state index < -0.39 is 0 Å². The topological polar surface area (TPSA) is 32.3 Å². The molecule has 0 aromatic carbocycles. The summed E-state index contributed by atoms with van der Waals surface area (Å²) < 4.78 is 0. The van der Waals surface area contributed by atoms with Gasteiger partial charge in [0.15, 0.2) is 0 Å². The Labute approximate surface area is 93.2 Å². The fraction of sp³-hybridized carbons (Fsp3) is 0.917. The number of hydrogen-bond donors (Lipinski definition) is 1. The second-order valence-corrected chi connectivity index (χ2v) is 4.73. The van der Waals surface area contributed by atoms with Crippen LogP contribution in [0.4, 0.5) is 0 Å². The highest BCUT2D eigenvalue weighted by atomic mass is 16.2.